The third-order valence-electron chi connectivity index (χ3n) is 4.38. The van der Waals surface area contributed by atoms with Gasteiger partial charge in [-0.05, 0) is 51.2 Å². The van der Waals surface area contributed by atoms with Crippen LogP contribution < -0.4 is 11.5 Å². The highest BCUT2D eigenvalue weighted by atomic mass is 16.2. The maximum absolute atomic E-state index is 11.7. The van der Waals surface area contributed by atoms with E-state index >= 15 is 0 Å². The molecule has 1 saturated heterocycles. The van der Waals surface area contributed by atoms with Gasteiger partial charge in [0.05, 0.1) is 11.2 Å². The molecule has 1 atom stereocenters. The molecule has 1 aliphatic rings. The molecule has 2 amide bonds. The topological polar surface area (TPSA) is 84.7 Å². The third-order valence-corrected chi connectivity index (χ3v) is 4.38. The number of aryl methyl sites for hydroxylation is 2. The van der Waals surface area contributed by atoms with Gasteiger partial charge in [0.25, 0.3) is 0 Å². The van der Waals surface area contributed by atoms with Crippen LogP contribution in [0, 0.1) is 13.8 Å². The zero-order valence-electron chi connectivity index (χ0n) is 13.0. The van der Waals surface area contributed by atoms with Gasteiger partial charge < -0.3 is 16.4 Å². The van der Waals surface area contributed by atoms with Crippen LogP contribution >= 0.6 is 0 Å². The van der Waals surface area contributed by atoms with Crippen LogP contribution in [0.4, 0.5) is 10.5 Å². The molecule has 1 heterocycles. The first kappa shape index (κ1) is 15.4. The SMILES string of the molecule is Cc1cccc(C)c1N=C(N)C1(C)CCCCN1C(N)=O. The maximum Gasteiger partial charge on any atom is 0.315 e. The van der Waals surface area contributed by atoms with E-state index in [0.29, 0.717) is 12.4 Å². The molecule has 0 aromatic heterocycles. The summed E-state index contributed by atoms with van der Waals surface area (Å²) in [6.07, 6.45) is 2.76. The minimum atomic E-state index is -0.598. The summed E-state index contributed by atoms with van der Waals surface area (Å²) in [7, 11) is 0. The molecule has 1 fully saturated rings. The number of carbonyl (C=O) groups excluding carboxylic acids is 1. The molecular formula is C16H24N4O. The van der Waals surface area contributed by atoms with Crippen LogP contribution in [0.5, 0.6) is 0 Å². The van der Waals surface area contributed by atoms with Gasteiger partial charge in [0.15, 0.2) is 0 Å². The number of nitrogens with zero attached hydrogens (tertiary/aromatic N) is 2. The number of carbonyl (C=O) groups is 1. The van der Waals surface area contributed by atoms with E-state index in [-0.39, 0.29) is 0 Å². The molecule has 1 aromatic carbocycles. The maximum atomic E-state index is 11.7. The second kappa shape index (κ2) is 5.76. The smallest absolute Gasteiger partial charge is 0.315 e. The monoisotopic (exact) mass is 288 g/mol. The van der Waals surface area contributed by atoms with Gasteiger partial charge in [0, 0.05) is 6.54 Å². The fourth-order valence-corrected chi connectivity index (χ4v) is 2.96. The van der Waals surface area contributed by atoms with E-state index in [1.165, 1.54) is 0 Å². The Kier molecular flexibility index (Phi) is 4.21. The third kappa shape index (κ3) is 2.86. The van der Waals surface area contributed by atoms with Gasteiger partial charge in [-0.3, -0.25) is 0 Å². The van der Waals surface area contributed by atoms with E-state index in [1.807, 2.05) is 39.0 Å². The average Bonchev–Trinajstić information content (AvgIpc) is 2.43. The fraction of sp³-hybridized carbons (Fsp3) is 0.500. The summed E-state index contributed by atoms with van der Waals surface area (Å²) < 4.78 is 0. The number of benzene rings is 1. The fourth-order valence-electron chi connectivity index (χ4n) is 2.96. The van der Waals surface area contributed by atoms with Gasteiger partial charge in [-0.1, -0.05) is 18.2 Å². The molecule has 5 nitrogen and oxygen atoms in total. The summed E-state index contributed by atoms with van der Waals surface area (Å²) in [5.74, 6) is 0.457. The Hall–Kier alpha value is -2.04. The van der Waals surface area contributed by atoms with Crippen LogP contribution in [0.25, 0.3) is 0 Å². The summed E-state index contributed by atoms with van der Waals surface area (Å²) >= 11 is 0. The van der Waals surface area contributed by atoms with Crippen molar-refractivity contribution >= 4 is 17.6 Å². The first-order chi connectivity index (χ1) is 9.86. The lowest BCUT2D eigenvalue weighted by Crippen LogP contribution is -2.61. The number of hydrogen-bond acceptors (Lipinski definition) is 2. The molecule has 1 aromatic rings. The van der Waals surface area contributed by atoms with Gasteiger partial charge in [-0.15, -0.1) is 0 Å². The number of amides is 2. The van der Waals surface area contributed by atoms with E-state index < -0.39 is 11.6 Å². The Morgan fingerprint density at radius 1 is 1.24 bits per heavy atom. The summed E-state index contributed by atoms with van der Waals surface area (Å²) in [6, 6.07) is 5.58. The molecule has 0 aliphatic carbocycles. The van der Waals surface area contributed by atoms with E-state index in [4.69, 9.17) is 11.5 Å². The second-order valence-electron chi connectivity index (χ2n) is 5.96. The number of para-hydroxylation sites is 1. The number of amidine groups is 1. The van der Waals surface area contributed by atoms with Crippen molar-refractivity contribution in [1.82, 2.24) is 4.90 Å². The van der Waals surface area contributed by atoms with Gasteiger partial charge in [-0.25, -0.2) is 9.79 Å². The highest BCUT2D eigenvalue weighted by Crippen LogP contribution is 2.30. The van der Waals surface area contributed by atoms with E-state index in [1.54, 1.807) is 4.90 Å². The molecule has 2 rings (SSSR count). The van der Waals surface area contributed by atoms with Crippen molar-refractivity contribution in [3.8, 4) is 0 Å². The number of hydrogen-bond donors (Lipinski definition) is 2. The minimum Gasteiger partial charge on any atom is -0.385 e. The predicted molar refractivity (Wildman–Crippen MR) is 85.7 cm³/mol. The second-order valence-corrected chi connectivity index (χ2v) is 5.96. The predicted octanol–water partition coefficient (Wildman–Crippen LogP) is 2.62. The molecule has 5 heteroatoms. The van der Waals surface area contributed by atoms with Crippen LogP contribution in [0.3, 0.4) is 0 Å². The van der Waals surface area contributed by atoms with E-state index in [0.717, 1.165) is 36.1 Å². The molecule has 0 saturated carbocycles. The summed E-state index contributed by atoms with van der Waals surface area (Å²) in [6.45, 7) is 6.60. The van der Waals surface area contributed by atoms with Crippen LogP contribution in [0.15, 0.2) is 23.2 Å². The van der Waals surface area contributed by atoms with Crippen LogP contribution in [0.2, 0.25) is 0 Å². The van der Waals surface area contributed by atoms with Crippen molar-refractivity contribution in [2.45, 2.75) is 45.6 Å². The van der Waals surface area contributed by atoms with Crippen LogP contribution in [-0.4, -0.2) is 28.9 Å². The number of primary amides is 1. The number of likely N-dealkylation sites (tertiary alicyclic amines) is 1. The van der Waals surface area contributed by atoms with Crippen molar-refractivity contribution in [1.29, 1.82) is 0 Å². The normalized spacial score (nSPS) is 23.2. The van der Waals surface area contributed by atoms with Gasteiger partial charge >= 0.3 is 6.03 Å². The quantitative estimate of drug-likeness (QED) is 0.647. The van der Waals surface area contributed by atoms with Gasteiger partial charge in [0.1, 0.15) is 5.84 Å². The molecule has 1 aliphatic heterocycles. The van der Waals surface area contributed by atoms with Crippen LogP contribution in [-0.2, 0) is 0 Å². The first-order valence-corrected chi connectivity index (χ1v) is 7.34. The van der Waals surface area contributed by atoms with Crippen molar-refractivity contribution in [2.75, 3.05) is 6.54 Å². The number of nitrogens with two attached hydrogens (primary N) is 2. The molecule has 1 unspecified atom stereocenters. The van der Waals surface area contributed by atoms with Crippen molar-refractivity contribution < 1.29 is 4.79 Å². The summed E-state index contributed by atoms with van der Waals surface area (Å²) in [5.41, 5.74) is 14.2. The zero-order chi connectivity index (χ0) is 15.6. The Balaban J connectivity index is 2.43. The van der Waals surface area contributed by atoms with Crippen molar-refractivity contribution in [3.63, 3.8) is 0 Å². The van der Waals surface area contributed by atoms with Crippen molar-refractivity contribution in [3.05, 3.63) is 29.3 Å². The Morgan fingerprint density at radius 2 is 1.86 bits per heavy atom. The highest BCUT2D eigenvalue weighted by molar-refractivity contribution is 5.95. The molecule has 4 N–H and O–H groups in total. The molecule has 0 spiro atoms. The Bertz CT molecular complexity index is 561. The molecule has 0 radical (unpaired) electrons. The highest BCUT2D eigenvalue weighted by Gasteiger charge is 2.40. The zero-order valence-corrected chi connectivity index (χ0v) is 13.0. The molecular weight excluding hydrogens is 264 g/mol. The summed E-state index contributed by atoms with van der Waals surface area (Å²) in [4.78, 5) is 18.0. The molecule has 21 heavy (non-hydrogen) atoms. The molecule has 0 bridgehead atoms. The number of rotatable bonds is 2. The first-order valence-electron chi connectivity index (χ1n) is 7.34. The lowest BCUT2D eigenvalue weighted by molar-refractivity contribution is 0.138. The van der Waals surface area contributed by atoms with Gasteiger partial charge in [-0.2, -0.15) is 0 Å². The Morgan fingerprint density at radius 3 is 2.43 bits per heavy atom. The number of aliphatic imine (C=N–C) groups is 1. The minimum absolute atomic E-state index is 0.433. The van der Waals surface area contributed by atoms with E-state index in [9.17, 15) is 4.79 Å². The van der Waals surface area contributed by atoms with Crippen molar-refractivity contribution in [2.24, 2.45) is 16.5 Å². The largest absolute Gasteiger partial charge is 0.385 e. The lowest BCUT2D eigenvalue weighted by Gasteiger charge is -2.43. The van der Waals surface area contributed by atoms with E-state index in [2.05, 4.69) is 4.99 Å². The standard InChI is InChI=1S/C16H24N4O/c1-11-7-6-8-12(2)13(11)19-14(17)16(3)9-4-5-10-20(16)15(18)21/h6-8H,4-5,9-10H2,1-3H3,(H2,17,19)(H2,18,21). The summed E-state index contributed by atoms with van der Waals surface area (Å²) in [5, 5.41) is 0. The molecule has 114 valence electrons. The average molecular weight is 288 g/mol. The lowest BCUT2D eigenvalue weighted by atomic mass is 9.87. The van der Waals surface area contributed by atoms with Gasteiger partial charge in [0.2, 0.25) is 0 Å². The Labute approximate surface area is 126 Å². The van der Waals surface area contributed by atoms with Crippen LogP contribution in [0.1, 0.15) is 37.3 Å². The number of piperidine rings is 1. The number of urea groups is 1.